The lowest BCUT2D eigenvalue weighted by Gasteiger charge is -2.28. The monoisotopic (exact) mass is 448 g/mol. The zero-order chi connectivity index (χ0) is 21.6. The van der Waals surface area contributed by atoms with Crippen LogP contribution in [0.1, 0.15) is 19.3 Å². The van der Waals surface area contributed by atoms with E-state index in [1.807, 2.05) is 4.90 Å². The molecule has 0 amide bonds. The number of nitrogens with two attached hydrogens (primary N) is 1. The van der Waals surface area contributed by atoms with Crippen molar-refractivity contribution in [2.24, 2.45) is 0 Å². The van der Waals surface area contributed by atoms with Crippen molar-refractivity contribution in [1.29, 1.82) is 0 Å². The molecular weight excluding hydrogens is 431 g/mol. The number of anilines is 2. The molecule has 1 fully saturated rings. The van der Waals surface area contributed by atoms with Crippen molar-refractivity contribution < 1.29 is 10.0 Å². The molecule has 0 radical (unpaired) electrons. The van der Waals surface area contributed by atoms with Crippen molar-refractivity contribution in [3.05, 3.63) is 54.6 Å². The largest absolute Gasteiger partial charge is 0.503 e. The summed E-state index contributed by atoms with van der Waals surface area (Å²) in [6, 6.07) is 5.77. The summed E-state index contributed by atoms with van der Waals surface area (Å²) in [7, 11) is 0. The molecule has 1 aliphatic rings. The number of nitrogens with zero attached hydrogens (tertiary/aromatic N) is 2. The first kappa shape index (κ1) is 20.3. The van der Waals surface area contributed by atoms with Gasteiger partial charge in [0.05, 0.1) is 37.3 Å². The normalized spacial score (nSPS) is 14.3. The number of rotatable bonds is 3. The predicted molar refractivity (Wildman–Crippen MR) is 119 cm³/mol. The number of hydrogen-bond acceptors (Lipinski definition) is 6. The van der Waals surface area contributed by atoms with Crippen LogP contribution in [-0.4, -0.2) is 28.1 Å². The van der Waals surface area contributed by atoms with Crippen LogP contribution in [0.3, 0.4) is 0 Å². The summed E-state index contributed by atoms with van der Waals surface area (Å²) in [5.74, 6) is -0.584. The second kappa shape index (κ2) is 7.70. The highest BCUT2D eigenvalue weighted by Crippen LogP contribution is 2.38. The van der Waals surface area contributed by atoms with E-state index < -0.39 is 16.1 Å². The van der Waals surface area contributed by atoms with Crippen molar-refractivity contribution in [2.75, 3.05) is 23.7 Å². The lowest BCUT2D eigenvalue weighted by atomic mass is 10.0. The molecule has 2 heterocycles. The Kier molecular flexibility index (Phi) is 5.21. The second-order valence-electron chi connectivity index (χ2n) is 7.22. The standard InChI is InChI=1S/C20H18Cl2N4O4/c21-12-6-10(7-13(22)17(12)23)18-20(28)19(27)11-8-16(26(29)30)15(9-14(11)24-18)25-4-2-1-3-5-25/h6-9,28H,1-5,23H2,(H,24,27). The van der Waals surface area contributed by atoms with Gasteiger partial charge in [-0.25, -0.2) is 0 Å². The number of piperidine rings is 1. The number of fused-ring (bicyclic) bond motifs is 1. The summed E-state index contributed by atoms with van der Waals surface area (Å²) in [4.78, 5) is 28.9. The highest BCUT2D eigenvalue weighted by molar-refractivity contribution is 6.39. The maximum absolute atomic E-state index is 12.8. The number of hydrogen-bond donors (Lipinski definition) is 3. The van der Waals surface area contributed by atoms with E-state index in [2.05, 4.69) is 4.98 Å². The Morgan fingerprint density at radius 2 is 1.73 bits per heavy atom. The number of nitro benzene ring substituents is 1. The summed E-state index contributed by atoms with van der Waals surface area (Å²) >= 11 is 12.2. The Hall–Kier alpha value is -2.97. The third-order valence-corrected chi connectivity index (χ3v) is 5.96. The van der Waals surface area contributed by atoms with Crippen LogP contribution in [0.2, 0.25) is 10.0 Å². The van der Waals surface area contributed by atoms with Crippen LogP contribution in [0.25, 0.3) is 22.2 Å². The van der Waals surface area contributed by atoms with E-state index in [4.69, 9.17) is 28.9 Å². The Labute approximate surface area is 181 Å². The third-order valence-electron chi connectivity index (χ3n) is 5.33. The van der Waals surface area contributed by atoms with Gasteiger partial charge in [-0.3, -0.25) is 14.9 Å². The fourth-order valence-electron chi connectivity index (χ4n) is 3.77. The highest BCUT2D eigenvalue weighted by atomic mass is 35.5. The Balaban J connectivity index is 1.97. The molecule has 0 bridgehead atoms. The van der Waals surface area contributed by atoms with Crippen LogP contribution in [0.15, 0.2) is 29.1 Å². The van der Waals surface area contributed by atoms with E-state index in [0.29, 0.717) is 29.9 Å². The van der Waals surface area contributed by atoms with E-state index in [9.17, 15) is 20.0 Å². The van der Waals surface area contributed by atoms with Gasteiger partial charge >= 0.3 is 0 Å². The Bertz CT molecular complexity index is 1210. The van der Waals surface area contributed by atoms with Crippen LogP contribution in [0, 0.1) is 10.1 Å². The van der Waals surface area contributed by atoms with Crippen molar-refractivity contribution in [3.8, 4) is 17.0 Å². The van der Waals surface area contributed by atoms with Gasteiger partial charge < -0.3 is 20.7 Å². The minimum absolute atomic E-state index is 0.0244. The molecule has 0 atom stereocenters. The maximum atomic E-state index is 12.8. The average molecular weight is 449 g/mol. The van der Waals surface area contributed by atoms with Gasteiger partial charge in [-0.05, 0) is 37.5 Å². The number of nitrogens with one attached hydrogen (secondary N) is 1. The summed E-state index contributed by atoms with van der Waals surface area (Å²) in [6.07, 6.45) is 2.95. The van der Waals surface area contributed by atoms with Gasteiger partial charge in [0.2, 0.25) is 5.43 Å². The molecular formula is C20H18Cl2N4O4. The number of H-pyrrole nitrogens is 1. The molecule has 1 aromatic heterocycles. The van der Waals surface area contributed by atoms with Crippen LogP contribution < -0.4 is 16.1 Å². The van der Waals surface area contributed by atoms with Crippen LogP contribution in [0.5, 0.6) is 5.75 Å². The second-order valence-corrected chi connectivity index (χ2v) is 8.04. The molecule has 1 saturated heterocycles. The smallest absolute Gasteiger partial charge is 0.293 e. The fourth-order valence-corrected chi connectivity index (χ4v) is 4.26. The average Bonchev–Trinajstić information content (AvgIpc) is 2.74. The Morgan fingerprint density at radius 1 is 1.10 bits per heavy atom. The van der Waals surface area contributed by atoms with Gasteiger partial charge in [-0.1, -0.05) is 23.2 Å². The zero-order valence-corrected chi connectivity index (χ0v) is 17.3. The number of aromatic amines is 1. The van der Waals surface area contributed by atoms with Crippen molar-refractivity contribution in [2.45, 2.75) is 19.3 Å². The van der Waals surface area contributed by atoms with Gasteiger partial charge in [-0.15, -0.1) is 0 Å². The third kappa shape index (κ3) is 3.42. The summed E-state index contributed by atoms with van der Waals surface area (Å²) in [6.45, 7) is 1.40. The summed E-state index contributed by atoms with van der Waals surface area (Å²) in [5, 5.41) is 22.5. The molecule has 2 aromatic carbocycles. The molecule has 156 valence electrons. The van der Waals surface area contributed by atoms with Crippen LogP contribution >= 0.6 is 23.2 Å². The number of benzene rings is 2. The lowest BCUT2D eigenvalue weighted by Crippen LogP contribution is -2.30. The first-order chi connectivity index (χ1) is 14.3. The highest BCUT2D eigenvalue weighted by Gasteiger charge is 2.25. The SMILES string of the molecule is Nc1c(Cl)cc(-c2[nH]c3cc(N4CCCCC4)c([N+](=O)[O-])cc3c(=O)c2O)cc1Cl. The molecule has 0 unspecified atom stereocenters. The number of nitro groups is 1. The molecule has 8 nitrogen and oxygen atoms in total. The minimum Gasteiger partial charge on any atom is -0.503 e. The molecule has 30 heavy (non-hydrogen) atoms. The maximum Gasteiger partial charge on any atom is 0.293 e. The number of aromatic hydroxyl groups is 1. The summed E-state index contributed by atoms with van der Waals surface area (Å²) in [5.41, 5.74) is 6.34. The van der Waals surface area contributed by atoms with E-state index >= 15 is 0 Å². The van der Waals surface area contributed by atoms with E-state index in [1.165, 1.54) is 18.2 Å². The van der Waals surface area contributed by atoms with Crippen molar-refractivity contribution in [1.82, 2.24) is 4.98 Å². The van der Waals surface area contributed by atoms with E-state index in [-0.39, 0.29) is 32.5 Å². The molecule has 4 rings (SSSR count). The van der Waals surface area contributed by atoms with Gasteiger partial charge in [0.25, 0.3) is 5.69 Å². The van der Waals surface area contributed by atoms with Gasteiger partial charge in [0.1, 0.15) is 5.69 Å². The molecule has 0 aliphatic carbocycles. The van der Waals surface area contributed by atoms with Crippen molar-refractivity contribution in [3.63, 3.8) is 0 Å². The molecule has 0 spiro atoms. The summed E-state index contributed by atoms with van der Waals surface area (Å²) < 4.78 is 0. The molecule has 1 aliphatic heterocycles. The molecule has 3 aromatic rings. The predicted octanol–water partition coefficient (Wildman–Crippen LogP) is 4.69. The number of pyridine rings is 1. The number of nitrogen functional groups attached to an aromatic ring is 1. The number of halogens is 2. The topological polar surface area (TPSA) is 125 Å². The fraction of sp³-hybridized carbons (Fsp3) is 0.250. The first-order valence-corrected chi connectivity index (χ1v) is 10.1. The lowest BCUT2D eigenvalue weighted by molar-refractivity contribution is -0.384. The van der Waals surface area contributed by atoms with Crippen molar-refractivity contribution >= 4 is 51.2 Å². The zero-order valence-electron chi connectivity index (χ0n) is 15.7. The molecule has 0 saturated carbocycles. The quantitative estimate of drug-likeness (QED) is 0.303. The molecule has 4 N–H and O–H groups in total. The van der Waals surface area contributed by atoms with Crippen LogP contribution in [-0.2, 0) is 0 Å². The van der Waals surface area contributed by atoms with Gasteiger partial charge in [0.15, 0.2) is 5.75 Å². The molecule has 10 heteroatoms. The minimum atomic E-state index is -0.726. The van der Waals surface area contributed by atoms with Gasteiger partial charge in [0, 0.05) is 24.7 Å². The van der Waals surface area contributed by atoms with E-state index in [0.717, 1.165) is 19.3 Å². The van der Waals surface area contributed by atoms with Gasteiger partial charge in [-0.2, -0.15) is 0 Å². The van der Waals surface area contributed by atoms with E-state index in [1.54, 1.807) is 6.07 Å². The Morgan fingerprint density at radius 3 is 2.33 bits per heavy atom. The first-order valence-electron chi connectivity index (χ1n) is 9.35. The van der Waals surface area contributed by atoms with Crippen LogP contribution in [0.4, 0.5) is 17.1 Å². The number of aromatic nitrogens is 1.